The average molecular weight is 582 g/mol. The molecule has 0 aromatic heterocycles. The molecule has 2 amide bonds. The summed E-state index contributed by atoms with van der Waals surface area (Å²) in [5.74, 6) is -0.734. The summed E-state index contributed by atoms with van der Waals surface area (Å²) in [4.78, 5) is 28.9. The molecule has 0 spiro atoms. The van der Waals surface area contributed by atoms with Gasteiger partial charge in [-0.2, -0.15) is 0 Å². The molecule has 1 saturated carbocycles. The van der Waals surface area contributed by atoms with Crippen molar-refractivity contribution in [2.75, 3.05) is 10.8 Å². The standard InChI is InChI=1S/C31H36ClN3O4S/c1-23-13-19-29(20-14-23)40(38,39)35(28-11-7-4-8-12-28)22-30(36)34(21-25-15-17-26(32)18-16-25)24(2)31(37)33-27-9-5-3-6-10-27/h4,7-8,11-20,24,27H,3,5-6,9-10,21-22H2,1-2H3,(H,33,37)/t24-/m1/s1. The Labute approximate surface area is 242 Å². The highest BCUT2D eigenvalue weighted by Gasteiger charge is 2.33. The minimum atomic E-state index is -4.08. The number of hydrogen-bond donors (Lipinski definition) is 1. The molecule has 1 aliphatic rings. The van der Waals surface area contributed by atoms with Crippen molar-refractivity contribution in [2.24, 2.45) is 0 Å². The average Bonchev–Trinajstić information content (AvgIpc) is 2.96. The number of nitrogens with one attached hydrogen (secondary N) is 1. The number of anilines is 1. The van der Waals surface area contributed by atoms with E-state index in [0.717, 1.165) is 47.5 Å². The molecule has 0 heterocycles. The molecule has 0 bridgehead atoms. The first-order valence-corrected chi connectivity index (χ1v) is 15.5. The summed E-state index contributed by atoms with van der Waals surface area (Å²) in [6.07, 6.45) is 5.12. The molecule has 0 aliphatic heterocycles. The summed E-state index contributed by atoms with van der Waals surface area (Å²) in [6, 6.07) is 21.4. The predicted octanol–water partition coefficient (Wildman–Crippen LogP) is 5.71. The molecule has 3 aromatic rings. The molecule has 1 aliphatic carbocycles. The molecule has 1 fully saturated rings. The summed E-state index contributed by atoms with van der Waals surface area (Å²) in [5, 5.41) is 3.67. The fourth-order valence-corrected chi connectivity index (χ4v) is 6.44. The highest BCUT2D eigenvalue weighted by Crippen LogP contribution is 2.25. The molecule has 212 valence electrons. The predicted molar refractivity (Wildman–Crippen MR) is 159 cm³/mol. The van der Waals surface area contributed by atoms with E-state index in [9.17, 15) is 18.0 Å². The third kappa shape index (κ3) is 7.43. The van der Waals surface area contributed by atoms with Crippen LogP contribution in [-0.2, 0) is 26.2 Å². The Morgan fingerprint density at radius 3 is 2.17 bits per heavy atom. The zero-order valence-electron chi connectivity index (χ0n) is 22.9. The monoisotopic (exact) mass is 581 g/mol. The maximum atomic E-state index is 14.0. The van der Waals surface area contributed by atoms with Gasteiger partial charge in [-0.3, -0.25) is 13.9 Å². The van der Waals surface area contributed by atoms with Crippen LogP contribution >= 0.6 is 11.6 Å². The highest BCUT2D eigenvalue weighted by atomic mass is 35.5. The van der Waals surface area contributed by atoms with Gasteiger partial charge < -0.3 is 10.2 Å². The Morgan fingerprint density at radius 1 is 0.925 bits per heavy atom. The second-order valence-corrected chi connectivity index (χ2v) is 12.6. The van der Waals surface area contributed by atoms with Crippen molar-refractivity contribution in [3.05, 3.63) is 95.0 Å². The molecule has 40 heavy (non-hydrogen) atoms. The van der Waals surface area contributed by atoms with Crippen LogP contribution in [0.5, 0.6) is 0 Å². The molecule has 9 heteroatoms. The summed E-state index contributed by atoms with van der Waals surface area (Å²) < 4.78 is 28.8. The van der Waals surface area contributed by atoms with Gasteiger partial charge in [0.05, 0.1) is 10.6 Å². The van der Waals surface area contributed by atoms with Gasteiger partial charge in [0.2, 0.25) is 11.8 Å². The van der Waals surface area contributed by atoms with Gasteiger partial charge in [-0.15, -0.1) is 0 Å². The van der Waals surface area contributed by atoms with Crippen molar-refractivity contribution >= 4 is 39.1 Å². The van der Waals surface area contributed by atoms with Crippen molar-refractivity contribution in [1.82, 2.24) is 10.2 Å². The molecule has 0 unspecified atom stereocenters. The Hall–Kier alpha value is -3.36. The van der Waals surface area contributed by atoms with Crippen molar-refractivity contribution < 1.29 is 18.0 Å². The number of aryl methyl sites for hydroxylation is 1. The van der Waals surface area contributed by atoms with Crippen LogP contribution in [0.2, 0.25) is 5.02 Å². The van der Waals surface area contributed by atoms with E-state index in [4.69, 9.17) is 11.6 Å². The van der Waals surface area contributed by atoms with Crippen molar-refractivity contribution in [3.8, 4) is 0 Å². The maximum Gasteiger partial charge on any atom is 0.264 e. The number of hydrogen-bond acceptors (Lipinski definition) is 4. The zero-order valence-corrected chi connectivity index (χ0v) is 24.5. The molecule has 0 saturated heterocycles. The highest BCUT2D eigenvalue weighted by molar-refractivity contribution is 7.92. The SMILES string of the molecule is Cc1ccc(S(=O)(=O)N(CC(=O)N(Cc2ccc(Cl)cc2)[C@H](C)C(=O)NC2CCCCC2)c2ccccc2)cc1. The topological polar surface area (TPSA) is 86.8 Å². The number of benzene rings is 3. The minimum absolute atomic E-state index is 0.0823. The van der Waals surface area contributed by atoms with Crippen LogP contribution in [0.3, 0.4) is 0 Å². The molecule has 1 N–H and O–H groups in total. The molecule has 1 atom stereocenters. The number of nitrogens with zero attached hydrogens (tertiary/aromatic N) is 2. The van der Waals surface area contributed by atoms with Gasteiger partial charge in [0.25, 0.3) is 10.0 Å². The van der Waals surface area contributed by atoms with Gasteiger partial charge in [-0.1, -0.05) is 78.9 Å². The summed E-state index contributed by atoms with van der Waals surface area (Å²) >= 11 is 6.07. The number of halogens is 1. The third-order valence-corrected chi connectivity index (χ3v) is 9.36. The van der Waals surface area contributed by atoms with E-state index < -0.39 is 28.5 Å². The molecule has 0 radical (unpaired) electrons. The molecule has 7 nitrogen and oxygen atoms in total. The van der Waals surface area contributed by atoms with Crippen LogP contribution in [0.25, 0.3) is 0 Å². The number of carbonyl (C=O) groups is 2. The number of rotatable bonds is 10. The maximum absolute atomic E-state index is 14.0. The van der Waals surface area contributed by atoms with Gasteiger partial charge in [0.1, 0.15) is 12.6 Å². The molecule has 4 rings (SSSR count). The lowest BCUT2D eigenvalue weighted by atomic mass is 9.95. The Kier molecular flexibility index (Phi) is 9.87. The number of sulfonamides is 1. The Balaban J connectivity index is 1.65. The lowest BCUT2D eigenvalue weighted by molar-refractivity contribution is -0.139. The lowest BCUT2D eigenvalue weighted by Crippen LogP contribution is -2.53. The van der Waals surface area contributed by atoms with E-state index in [1.54, 1.807) is 73.7 Å². The Bertz CT molecular complexity index is 1390. The smallest absolute Gasteiger partial charge is 0.264 e. The second kappa shape index (κ2) is 13.3. The summed E-state index contributed by atoms with van der Waals surface area (Å²) in [6.45, 7) is 3.23. The largest absolute Gasteiger partial charge is 0.352 e. The van der Waals surface area contributed by atoms with Crippen LogP contribution in [-0.4, -0.2) is 43.8 Å². The van der Waals surface area contributed by atoms with Crippen LogP contribution in [0.15, 0.2) is 83.8 Å². The minimum Gasteiger partial charge on any atom is -0.352 e. The van der Waals surface area contributed by atoms with Crippen LogP contribution in [0.4, 0.5) is 5.69 Å². The molecular formula is C31H36ClN3O4S. The second-order valence-electron chi connectivity index (χ2n) is 10.3. The van der Waals surface area contributed by atoms with E-state index in [1.807, 2.05) is 6.92 Å². The van der Waals surface area contributed by atoms with Crippen molar-refractivity contribution in [2.45, 2.75) is 69.5 Å². The number of amides is 2. The van der Waals surface area contributed by atoms with Gasteiger partial charge in [0.15, 0.2) is 0 Å². The Morgan fingerprint density at radius 2 is 1.55 bits per heavy atom. The normalized spacial score (nSPS) is 14.8. The molecular weight excluding hydrogens is 546 g/mol. The first-order valence-electron chi connectivity index (χ1n) is 13.6. The quantitative estimate of drug-likeness (QED) is 0.332. The van der Waals surface area contributed by atoms with E-state index >= 15 is 0 Å². The van der Waals surface area contributed by atoms with Crippen molar-refractivity contribution in [1.29, 1.82) is 0 Å². The summed E-state index contributed by atoms with van der Waals surface area (Å²) in [7, 11) is -4.08. The number of carbonyl (C=O) groups excluding carboxylic acids is 2. The van der Waals surface area contributed by atoms with Gasteiger partial charge in [-0.05, 0) is 68.7 Å². The van der Waals surface area contributed by atoms with E-state index in [1.165, 1.54) is 17.0 Å². The third-order valence-electron chi connectivity index (χ3n) is 7.32. The van der Waals surface area contributed by atoms with Gasteiger partial charge in [0, 0.05) is 17.6 Å². The zero-order chi connectivity index (χ0) is 28.7. The van der Waals surface area contributed by atoms with Gasteiger partial charge >= 0.3 is 0 Å². The van der Waals surface area contributed by atoms with E-state index in [0.29, 0.717) is 10.7 Å². The number of para-hydroxylation sites is 1. The van der Waals surface area contributed by atoms with Crippen LogP contribution in [0.1, 0.15) is 50.2 Å². The van der Waals surface area contributed by atoms with Gasteiger partial charge in [-0.25, -0.2) is 8.42 Å². The molecule has 3 aromatic carbocycles. The lowest BCUT2D eigenvalue weighted by Gasteiger charge is -2.33. The van der Waals surface area contributed by atoms with E-state index in [-0.39, 0.29) is 23.4 Å². The van der Waals surface area contributed by atoms with Crippen molar-refractivity contribution in [3.63, 3.8) is 0 Å². The fraction of sp³-hybridized carbons (Fsp3) is 0.355. The first kappa shape index (κ1) is 29.6. The first-order chi connectivity index (χ1) is 19.1. The van der Waals surface area contributed by atoms with Crippen LogP contribution < -0.4 is 9.62 Å². The van der Waals surface area contributed by atoms with Crippen LogP contribution in [0, 0.1) is 6.92 Å². The van der Waals surface area contributed by atoms with E-state index in [2.05, 4.69) is 5.32 Å². The fourth-order valence-electron chi connectivity index (χ4n) is 4.90. The summed E-state index contributed by atoms with van der Waals surface area (Å²) in [5.41, 5.74) is 2.07.